The third-order valence-electron chi connectivity index (χ3n) is 3.97. The number of hydrogen-bond acceptors (Lipinski definition) is 5. The molecule has 1 heterocycles. The molecular weight excluding hydrogens is 443 g/mol. The zero-order chi connectivity index (χ0) is 19.5. The van der Waals surface area contributed by atoms with Gasteiger partial charge in [-0.25, -0.2) is 8.42 Å². The Bertz CT molecular complexity index is 761. The molecule has 0 radical (unpaired) electrons. The summed E-state index contributed by atoms with van der Waals surface area (Å²) in [6, 6.07) is 4.23. The number of benzene rings is 1. The number of likely N-dealkylation sites (tertiary alicyclic amines) is 1. The molecule has 0 saturated carbocycles. The van der Waals surface area contributed by atoms with E-state index in [0.717, 1.165) is 0 Å². The van der Waals surface area contributed by atoms with Crippen LogP contribution in [0.2, 0.25) is 0 Å². The third-order valence-corrected chi connectivity index (χ3v) is 6.85. The van der Waals surface area contributed by atoms with Crippen molar-refractivity contribution in [2.45, 2.75) is 29.2 Å². The number of carbonyl (C=O) groups excluding carboxylic acids is 1. The van der Waals surface area contributed by atoms with E-state index in [4.69, 9.17) is 9.47 Å². The number of alkyl halides is 3. The number of carbonyl (C=O) groups is 1. The molecule has 11 heteroatoms. The van der Waals surface area contributed by atoms with Crippen LogP contribution >= 0.6 is 15.9 Å². The highest BCUT2D eigenvalue weighted by Crippen LogP contribution is 2.32. The van der Waals surface area contributed by atoms with E-state index in [-0.39, 0.29) is 37.6 Å². The lowest BCUT2D eigenvalue weighted by molar-refractivity contribution is -0.186. The average molecular weight is 460 g/mol. The SMILES string of the molecule is COCOc1ccc(S(=O)(=O)C2CCN(C(=O)C(F)(F)F)CC2)cc1Br. The number of halogens is 4. The topological polar surface area (TPSA) is 72.9 Å². The van der Waals surface area contributed by atoms with E-state index in [1.54, 1.807) is 0 Å². The molecule has 0 aliphatic carbocycles. The van der Waals surface area contributed by atoms with Crippen LogP contribution in [-0.2, 0) is 19.4 Å². The maximum Gasteiger partial charge on any atom is 0.471 e. The van der Waals surface area contributed by atoms with Crippen molar-refractivity contribution in [1.82, 2.24) is 4.90 Å². The molecule has 1 aliphatic rings. The van der Waals surface area contributed by atoms with E-state index in [1.807, 2.05) is 0 Å². The molecule has 0 bridgehead atoms. The van der Waals surface area contributed by atoms with Gasteiger partial charge in [0.15, 0.2) is 16.6 Å². The number of nitrogens with zero attached hydrogens (tertiary/aromatic N) is 1. The Kier molecular flexibility index (Phi) is 6.56. The maximum absolute atomic E-state index is 12.7. The Labute approximate surface area is 157 Å². The van der Waals surface area contributed by atoms with Gasteiger partial charge in [0.05, 0.1) is 14.6 Å². The van der Waals surface area contributed by atoms with E-state index < -0.39 is 27.2 Å². The molecule has 146 valence electrons. The highest BCUT2D eigenvalue weighted by atomic mass is 79.9. The second-order valence-corrected chi connectivity index (χ2v) is 8.76. The minimum atomic E-state index is -4.95. The lowest BCUT2D eigenvalue weighted by Crippen LogP contribution is -2.47. The predicted octanol–water partition coefficient (Wildman–Crippen LogP) is 2.76. The van der Waals surface area contributed by atoms with E-state index in [1.165, 1.54) is 25.3 Å². The van der Waals surface area contributed by atoms with Crippen LogP contribution in [0.4, 0.5) is 13.2 Å². The summed E-state index contributed by atoms with van der Waals surface area (Å²) < 4.78 is 73.3. The van der Waals surface area contributed by atoms with Crippen molar-refractivity contribution < 1.29 is 35.9 Å². The molecule has 1 aliphatic heterocycles. The summed E-state index contributed by atoms with van der Waals surface area (Å²) in [4.78, 5) is 11.9. The highest BCUT2D eigenvalue weighted by molar-refractivity contribution is 9.10. The number of amides is 1. The first-order chi connectivity index (χ1) is 12.1. The molecule has 6 nitrogen and oxygen atoms in total. The lowest BCUT2D eigenvalue weighted by atomic mass is 10.1. The van der Waals surface area contributed by atoms with Gasteiger partial charge in [0.25, 0.3) is 0 Å². The Morgan fingerprint density at radius 2 is 1.92 bits per heavy atom. The third kappa shape index (κ3) is 4.68. The number of ether oxygens (including phenoxy) is 2. The van der Waals surface area contributed by atoms with Gasteiger partial charge >= 0.3 is 12.1 Å². The van der Waals surface area contributed by atoms with Crippen molar-refractivity contribution in [3.05, 3.63) is 22.7 Å². The van der Waals surface area contributed by atoms with Crippen molar-refractivity contribution in [1.29, 1.82) is 0 Å². The summed E-state index contributed by atoms with van der Waals surface area (Å²) in [6.45, 7) is -0.507. The smallest absolute Gasteiger partial charge is 0.466 e. The normalized spacial score (nSPS) is 16.6. The Hall–Kier alpha value is -1.33. The van der Waals surface area contributed by atoms with E-state index in [2.05, 4.69) is 15.9 Å². The van der Waals surface area contributed by atoms with Gasteiger partial charge in [0.1, 0.15) is 5.75 Å². The fourth-order valence-corrected chi connectivity index (χ4v) is 5.04. The number of piperidine rings is 1. The van der Waals surface area contributed by atoms with Crippen molar-refractivity contribution in [3.63, 3.8) is 0 Å². The van der Waals surface area contributed by atoms with Gasteiger partial charge in [-0.3, -0.25) is 4.79 Å². The Morgan fingerprint density at radius 3 is 2.42 bits per heavy atom. The molecule has 1 saturated heterocycles. The summed E-state index contributed by atoms with van der Waals surface area (Å²) in [5.74, 6) is -1.54. The lowest BCUT2D eigenvalue weighted by Gasteiger charge is -2.32. The van der Waals surface area contributed by atoms with Gasteiger partial charge in [-0.15, -0.1) is 0 Å². The zero-order valence-electron chi connectivity index (χ0n) is 13.8. The first-order valence-corrected chi connectivity index (χ1v) is 9.92. The summed E-state index contributed by atoms with van der Waals surface area (Å²) >= 11 is 3.22. The van der Waals surface area contributed by atoms with Crippen LogP contribution < -0.4 is 4.74 Å². The second-order valence-electron chi connectivity index (χ2n) is 5.68. The van der Waals surface area contributed by atoms with E-state index in [0.29, 0.717) is 15.1 Å². The van der Waals surface area contributed by atoms with Gasteiger partial charge in [-0.1, -0.05) is 0 Å². The van der Waals surface area contributed by atoms with Crippen LogP contribution in [-0.4, -0.2) is 57.6 Å². The van der Waals surface area contributed by atoms with Gasteiger partial charge in [0, 0.05) is 20.2 Å². The number of hydrogen-bond donors (Lipinski definition) is 0. The molecule has 1 amide bonds. The van der Waals surface area contributed by atoms with Crippen LogP contribution in [0.25, 0.3) is 0 Å². The Balaban J connectivity index is 2.10. The maximum atomic E-state index is 12.7. The van der Waals surface area contributed by atoms with Crippen molar-refractivity contribution in [3.8, 4) is 5.75 Å². The number of rotatable bonds is 5. The minimum absolute atomic E-state index is 0.00358. The number of methoxy groups -OCH3 is 1. The first-order valence-electron chi connectivity index (χ1n) is 7.58. The zero-order valence-corrected chi connectivity index (χ0v) is 16.2. The number of sulfone groups is 1. The molecule has 0 atom stereocenters. The van der Waals surface area contributed by atoms with Crippen molar-refractivity contribution in [2.75, 3.05) is 27.0 Å². The molecule has 0 N–H and O–H groups in total. The fourth-order valence-electron chi connectivity index (χ4n) is 2.64. The molecule has 2 rings (SSSR count). The van der Waals surface area contributed by atoms with Gasteiger partial charge < -0.3 is 14.4 Å². The van der Waals surface area contributed by atoms with E-state index >= 15 is 0 Å². The van der Waals surface area contributed by atoms with Crippen LogP contribution in [0.1, 0.15) is 12.8 Å². The summed E-state index contributed by atoms with van der Waals surface area (Å²) in [5, 5.41) is -0.850. The molecule has 1 aromatic rings. The molecule has 1 fully saturated rings. The molecular formula is C15H17BrF3NO5S. The first kappa shape index (κ1) is 21.0. The monoisotopic (exact) mass is 459 g/mol. The van der Waals surface area contributed by atoms with Crippen LogP contribution in [0, 0.1) is 0 Å². The molecule has 0 aromatic heterocycles. The van der Waals surface area contributed by atoms with Crippen LogP contribution in [0.5, 0.6) is 5.75 Å². The summed E-state index contributed by atoms with van der Waals surface area (Å²) in [6.07, 6.45) is -5.05. The predicted molar refractivity (Wildman–Crippen MR) is 89.5 cm³/mol. The largest absolute Gasteiger partial charge is 0.471 e. The Morgan fingerprint density at radius 1 is 1.31 bits per heavy atom. The molecule has 0 unspecified atom stereocenters. The molecule has 1 aromatic carbocycles. The van der Waals surface area contributed by atoms with Gasteiger partial charge in [-0.2, -0.15) is 13.2 Å². The summed E-state index contributed by atoms with van der Waals surface area (Å²) in [5.41, 5.74) is 0. The van der Waals surface area contributed by atoms with Crippen molar-refractivity contribution in [2.24, 2.45) is 0 Å². The summed E-state index contributed by atoms with van der Waals surface area (Å²) in [7, 11) is -2.30. The highest BCUT2D eigenvalue weighted by Gasteiger charge is 2.44. The average Bonchev–Trinajstić information content (AvgIpc) is 2.59. The minimum Gasteiger partial charge on any atom is -0.466 e. The quantitative estimate of drug-likeness (QED) is 0.633. The molecule has 0 spiro atoms. The van der Waals surface area contributed by atoms with Gasteiger partial charge in [-0.05, 0) is 47.0 Å². The fraction of sp³-hybridized carbons (Fsp3) is 0.533. The van der Waals surface area contributed by atoms with Gasteiger partial charge in [0.2, 0.25) is 0 Å². The van der Waals surface area contributed by atoms with Crippen LogP contribution in [0.3, 0.4) is 0 Å². The second kappa shape index (κ2) is 8.13. The van der Waals surface area contributed by atoms with E-state index in [9.17, 15) is 26.4 Å². The standard InChI is InChI=1S/C15H17BrF3NO5S/c1-24-9-25-13-3-2-11(8-12(13)16)26(22,23)10-4-6-20(7-5-10)14(21)15(17,18)19/h2-3,8,10H,4-7,9H2,1H3. The molecule has 26 heavy (non-hydrogen) atoms. The van der Waals surface area contributed by atoms with Crippen molar-refractivity contribution >= 4 is 31.7 Å². The van der Waals surface area contributed by atoms with Crippen LogP contribution in [0.15, 0.2) is 27.6 Å².